The fourth-order valence-corrected chi connectivity index (χ4v) is 3.12. The average molecular weight is 367 g/mol. The van der Waals surface area contributed by atoms with Crippen molar-refractivity contribution in [2.75, 3.05) is 13.6 Å². The van der Waals surface area contributed by atoms with Gasteiger partial charge in [-0.2, -0.15) is 4.72 Å². The van der Waals surface area contributed by atoms with Gasteiger partial charge < -0.3 is 4.90 Å². The maximum absolute atomic E-state index is 13.7. The maximum atomic E-state index is 13.7. The van der Waals surface area contributed by atoms with Gasteiger partial charge in [0.25, 0.3) is 0 Å². The molecule has 0 aliphatic rings. The highest BCUT2D eigenvalue weighted by Crippen LogP contribution is 2.19. The molecule has 112 valence electrons. The second-order valence-corrected chi connectivity index (χ2v) is 6.87. The van der Waals surface area contributed by atoms with Crippen molar-refractivity contribution >= 4 is 31.9 Å². The van der Waals surface area contributed by atoms with Gasteiger partial charge >= 0.3 is 0 Å². The Balaban J connectivity index is 2.98. The third-order valence-corrected chi connectivity index (χ3v) is 4.80. The summed E-state index contributed by atoms with van der Waals surface area (Å²) in [6.07, 6.45) is 0. The lowest BCUT2D eigenvalue weighted by atomic mass is 10.3. The molecule has 1 atom stereocenters. The summed E-state index contributed by atoms with van der Waals surface area (Å²) in [5.41, 5.74) is 0. The van der Waals surface area contributed by atoms with E-state index in [0.29, 0.717) is 11.0 Å². The van der Waals surface area contributed by atoms with Crippen molar-refractivity contribution in [3.63, 3.8) is 0 Å². The zero-order valence-electron chi connectivity index (χ0n) is 11.4. The van der Waals surface area contributed by atoms with Crippen LogP contribution in [0.5, 0.6) is 0 Å². The molecule has 0 aromatic heterocycles. The minimum Gasteiger partial charge on any atom is -0.345 e. The summed E-state index contributed by atoms with van der Waals surface area (Å²) in [6, 6.07) is 2.65. The number of benzene rings is 1. The van der Waals surface area contributed by atoms with Crippen molar-refractivity contribution in [3.05, 3.63) is 28.5 Å². The first-order valence-corrected chi connectivity index (χ1v) is 8.19. The number of likely N-dealkylation sites (N-methyl/N-ethyl adjacent to an activating group) is 1. The van der Waals surface area contributed by atoms with Crippen molar-refractivity contribution in [3.8, 4) is 0 Å². The van der Waals surface area contributed by atoms with Crippen molar-refractivity contribution in [2.24, 2.45) is 0 Å². The first kappa shape index (κ1) is 17.1. The monoisotopic (exact) mass is 366 g/mol. The van der Waals surface area contributed by atoms with Crippen molar-refractivity contribution in [1.82, 2.24) is 9.62 Å². The van der Waals surface area contributed by atoms with Crippen LogP contribution in [0.1, 0.15) is 13.8 Å². The fourth-order valence-electron chi connectivity index (χ4n) is 1.53. The number of carbonyl (C=O) groups is 1. The third kappa shape index (κ3) is 4.00. The van der Waals surface area contributed by atoms with Crippen LogP contribution in [0.2, 0.25) is 0 Å². The Bertz CT molecular complexity index is 607. The lowest BCUT2D eigenvalue weighted by Gasteiger charge is -2.20. The molecule has 1 rings (SSSR count). The molecule has 0 saturated heterocycles. The first-order chi connectivity index (χ1) is 9.19. The molecule has 0 bridgehead atoms. The second kappa shape index (κ2) is 6.64. The predicted molar refractivity (Wildman–Crippen MR) is 77.2 cm³/mol. The molecule has 0 heterocycles. The van der Waals surface area contributed by atoms with E-state index in [1.807, 2.05) is 0 Å². The molecular formula is C12H16BrFN2O3S. The molecule has 0 spiro atoms. The quantitative estimate of drug-likeness (QED) is 0.862. The Morgan fingerprint density at radius 2 is 2.10 bits per heavy atom. The summed E-state index contributed by atoms with van der Waals surface area (Å²) < 4.78 is 40.4. The number of nitrogens with zero attached hydrogens (tertiary/aromatic N) is 1. The summed E-state index contributed by atoms with van der Waals surface area (Å²) in [7, 11) is -2.52. The summed E-state index contributed by atoms with van der Waals surface area (Å²) in [5.74, 6) is -1.26. The molecule has 1 aromatic rings. The van der Waals surface area contributed by atoms with Gasteiger partial charge in [-0.3, -0.25) is 4.79 Å². The standard InChI is InChI=1S/C12H16BrFN2O3S/c1-4-16(3)12(17)8(2)15-20(18,19)11-6-5-9(13)7-10(11)14/h5-8,15H,4H2,1-3H3. The molecule has 1 N–H and O–H groups in total. The molecule has 0 aliphatic heterocycles. The Morgan fingerprint density at radius 3 is 2.60 bits per heavy atom. The van der Waals surface area contributed by atoms with E-state index in [4.69, 9.17) is 0 Å². The molecular weight excluding hydrogens is 351 g/mol. The van der Waals surface area contributed by atoms with Gasteiger partial charge in [0, 0.05) is 18.1 Å². The molecule has 0 radical (unpaired) electrons. The molecule has 5 nitrogen and oxygen atoms in total. The highest BCUT2D eigenvalue weighted by molar-refractivity contribution is 9.10. The summed E-state index contributed by atoms with van der Waals surface area (Å²) in [4.78, 5) is 12.7. The van der Waals surface area contributed by atoms with Crippen LogP contribution in [0.3, 0.4) is 0 Å². The van der Waals surface area contributed by atoms with Crippen LogP contribution in [-0.4, -0.2) is 38.9 Å². The highest BCUT2D eigenvalue weighted by atomic mass is 79.9. The van der Waals surface area contributed by atoms with E-state index < -0.39 is 26.8 Å². The van der Waals surface area contributed by atoms with Gasteiger partial charge in [-0.25, -0.2) is 12.8 Å². The average Bonchev–Trinajstić information content (AvgIpc) is 2.35. The Morgan fingerprint density at radius 1 is 1.50 bits per heavy atom. The van der Waals surface area contributed by atoms with Crippen LogP contribution in [0.25, 0.3) is 0 Å². The van der Waals surface area contributed by atoms with Crippen LogP contribution < -0.4 is 4.72 Å². The van der Waals surface area contributed by atoms with Gasteiger partial charge in [0.2, 0.25) is 15.9 Å². The van der Waals surface area contributed by atoms with E-state index >= 15 is 0 Å². The molecule has 0 aliphatic carbocycles. The normalized spacial score (nSPS) is 13.1. The van der Waals surface area contributed by atoms with E-state index in [1.54, 1.807) is 14.0 Å². The van der Waals surface area contributed by atoms with Crippen LogP contribution in [0.4, 0.5) is 4.39 Å². The number of amides is 1. The minimum absolute atomic E-state index is 0.381. The third-order valence-electron chi connectivity index (χ3n) is 2.74. The minimum atomic E-state index is -4.09. The second-order valence-electron chi connectivity index (χ2n) is 4.27. The van der Waals surface area contributed by atoms with Crippen LogP contribution >= 0.6 is 15.9 Å². The molecule has 0 saturated carbocycles. The fraction of sp³-hybridized carbons (Fsp3) is 0.417. The van der Waals surface area contributed by atoms with Gasteiger partial charge in [0.1, 0.15) is 10.7 Å². The van der Waals surface area contributed by atoms with E-state index in [1.165, 1.54) is 17.9 Å². The summed E-state index contributed by atoms with van der Waals surface area (Å²) in [6.45, 7) is 3.65. The SMILES string of the molecule is CCN(C)C(=O)C(C)NS(=O)(=O)c1ccc(Br)cc1F. The maximum Gasteiger partial charge on any atom is 0.244 e. The predicted octanol–water partition coefficient (Wildman–Crippen LogP) is 1.73. The van der Waals surface area contributed by atoms with Gasteiger partial charge in [0.15, 0.2) is 0 Å². The van der Waals surface area contributed by atoms with Crippen LogP contribution in [0.15, 0.2) is 27.6 Å². The number of halogens is 2. The van der Waals surface area contributed by atoms with E-state index in [0.717, 1.165) is 12.1 Å². The number of hydrogen-bond acceptors (Lipinski definition) is 3. The zero-order valence-corrected chi connectivity index (χ0v) is 13.8. The van der Waals surface area contributed by atoms with Crippen LogP contribution in [-0.2, 0) is 14.8 Å². The number of rotatable bonds is 5. The molecule has 20 heavy (non-hydrogen) atoms. The van der Waals surface area contributed by atoms with Crippen molar-refractivity contribution in [2.45, 2.75) is 24.8 Å². The Kier molecular flexibility index (Phi) is 5.67. The van der Waals surface area contributed by atoms with Gasteiger partial charge in [-0.1, -0.05) is 15.9 Å². The lowest BCUT2D eigenvalue weighted by Crippen LogP contribution is -2.45. The molecule has 1 amide bonds. The van der Waals surface area contributed by atoms with Gasteiger partial charge in [0.05, 0.1) is 6.04 Å². The van der Waals surface area contributed by atoms with E-state index in [9.17, 15) is 17.6 Å². The van der Waals surface area contributed by atoms with E-state index in [2.05, 4.69) is 20.7 Å². The summed E-state index contributed by atoms with van der Waals surface area (Å²) >= 11 is 3.05. The molecule has 0 fully saturated rings. The lowest BCUT2D eigenvalue weighted by molar-refractivity contribution is -0.131. The van der Waals surface area contributed by atoms with Gasteiger partial charge in [-0.15, -0.1) is 0 Å². The summed E-state index contributed by atoms with van der Waals surface area (Å²) in [5, 5.41) is 0. The number of sulfonamides is 1. The molecule has 1 aromatic carbocycles. The number of carbonyl (C=O) groups excluding carboxylic acids is 1. The zero-order chi connectivity index (χ0) is 15.5. The smallest absolute Gasteiger partial charge is 0.244 e. The first-order valence-electron chi connectivity index (χ1n) is 5.91. The highest BCUT2D eigenvalue weighted by Gasteiger charge is 2.26. The molecule has 8 heteroatoms. The van der Waals surface area contributed by atoms with Gasteiger partial charge in [-0.05, 0) is 32.0 Å². The van der Waals surface area contributed by atoms with Crippen molar-refractivity contribution < 1.29 is 17.6 Å². The van der Waals surface area contributed by atoms with E-state index in [-0.39, 0.29) is 5.91 Å². The topological polar surface area (TPSA) is 66.5 Å². The Hall–Kier alpha value is -0.990. The number of hydrogen-bond donors (Lipinski definition) is 1. The Labute approximate surface area is 126 Å². The largest absolute Gasteiger partial charge is 0.345 e. The number of nitrogens with one attached hydrogen (secondary N) is 1. The molecule has 1 unspecified atom stereocenters. The van der Waals surface area contributed by atoms with Crippen molar-refractivity contribution in [1.29, 1.82) is 0 Å². The van der Waals surface area contributed by atoms with Crippen LogP contribution in [0, 0.1) is 5.82 Å².